The molecule has 102 valence electrons. The summed E-state index contributed by atoms with van der Waals surface area (Å²) in [6.07, 6.45) is 2.36. The largest absolute Gasteiger partial charge is 0.493 e. The molecule has 1 atom stereocenters. The molecule has 0 saturated carbocycles. The second-order valence-electron chi connectivity index (χ2n) is 4.83. The van der Waals surface area contributed by atoms with Crippen molar-refractivity contribution in [2.75, 3.05) is 13.7 Å². The zero-order chi connectivity index (χ0) is 13.4. The van der Waals surface area contributed by atoms with Crippen LogP contribution in [0.4, 0.5) is 0 Å². The summed E-state index contributed by atoms with van der Waals surface area (Å²) >= 11 is 0. The summed E-state index contributed by atoms with van der Waals surface area (Å²) in [4.78, 5) is 0. The van der Waals surface area contributed by atoms with Crippen molar-refractivity contribution in [3.63, 3.8) is 0 Å². The average molecular weight is 251 g/mol. The zero-order valence-corrected chi connectivity index (χ0v) is 11.9. The molecule has 0 fully saturated rings. The van der Waals surface area contributed by atoms with Gasteiger partial charge in [0.15, 0.2) is 11.5 Å². The van der Waals surface area contributed by atoms with E-state index in [1.807, 2.05) is 24.3 Å². The van der Waals surface area contributed by atoms with E-state index in [0.29, 0.717) is 6.04 Å². The number of hydrogen-bond acceptors (Lipinski definition) is 3. The molecular formula is C15H25NO2. The Morgan fingerprint density at radius 3 is 2.39 bits per heavy atom. The van der Waals surface area contributed by atoms with Crippen molar-refractivity contribution in [3.05, 3.63) is 24.3 Å². The van der Waals surface area contributed by atoms with Crippen LogP contribution in [0.25, 0.3) is 0 Å². The van der Waals surface area contributed by atoms with Crippen LogP contribution in [-0.2, 0) is 0 Å². The van der Waals surface area contributed by atoms with Crippen LogP contribution in [0.1, 0.15) is 33.6 Å². The Bertz CT molecular complexity index is 339. The maximum absolute atomic E-state index is 5.89. The Labute approximate surface area is 110 Å². The van der Waals surface area contributed by atoms with Gasteiger partial charge in [-0.05, 0) is 38.4 Å². The van der Waals surface area contributed by atoms with Gasteiger partial charge in [-0.2, -0.15) is 0 Å². The molecule has 0 aliphatic heterocycles. The minimum Gasteiger partial charge on any atom is -0.493 e. The third-order valence-corrected chi connectivity index (χ3v) is 2.74. The highest BCUT2D eigenvalue weighted by Crippen LogP contribution is 2.27. The third-order valence-electron chi connectivity index (χ3n) is 2.74. The van der Waals surface area contributed by atoms with Gasteiger partial charge in [-0.15, -0.1) is 0 Å². The highest BCUT2D eigenvalue weighted by molar-refractivity contribution is 5.39. The fraction of sp³-hybridized carbons (Fsp3) is 0.600. The predicted octanol–water partition coefficient (Wildman–Crippen LogP) is 3.24. The summed E-state index contributed by atoms with van der Waals surface area (Å²) in [5.74, 6) is 1.62. The molecule has 0 aliphatic carbocycles. The summed E-state index contributed by atoms with van der Waals surface area (Å²) < 4.78 is 11.2. The van der Waals surface area contributed by atoms with Crippen LogP contribution in [0.2, 0.25) is 0 Å². The molecule has 0 amide bonds. The van der Waals surface area contributed by atoms with Crippen LogP contribution in [0.15, 0.2) is 24.3 Å². The average Bonchev–Trinajstić information content (AvgIpc) is 2.35. The van der Waals surface area contributed by atoms with Crippen LogP contribution in [0.3, 0.4) is 0 Å². The Balaban J connectivity index is 2.33. The van der Waals surface area contributed by atoms with Crippen LogP contribution in [0, 0.1) is 0 Å². The molecule has 0 aliphatic rings. The summed E-state index contributed by atoms with van der Waals surface area (Å²) in [6, 6.07) is 8.33. The van der Waals surface area contributed by atoms with Crippen molar-refractivity contribution in [3.8, 4) is 11.5 Å². The lowest BCUT2D eigenvalue weighted by Gasteiger charge is -2.17. The minimum atomic E-state index is 0.204. The Hall–Kier alpha value is -1.22. The van der Waals surface area contributed by atoms with Crippen molar-refractivity contribution >= 4 is 0 Å². The van der Waals surface area contributed by atoms with E-state index >= 15 is 0 Å². The van der Waals surface area contributed by atoms with E-state index in [-0.39, 0.29) is 6.10 Å². The van der Waals surface area contributed by atoms with Gasteiger partial charge in [-0.25, -0.2) is 0 Å². The number of ether oxygens (including phenoxy) is 2. The van der Waals surface area contributed by atoms with Crippen LogP contribution >= 0.6 is 0 Å². The normalized spacial score (nSPS) is 12.5. The first-order valence-corrected chi connectivity index (χ1v) is 6.66. The number of nitrogens with one attached hydrogen (secondary N) is 1. The first kappa shape index (κ1) is 14.8. The maximum Gasteiger partial charge on any atom is 0.161 e. The quantitative estimate of drug-likeness (QED) is 0.719. The van der Waals surface area contributed by atoms with Gasteiger partial charge in [-0.1, -0.05) is 26.0 Å². The monoisotopic (exact) mass is 251 g/mol. The maximum atomic E-state index is 5.89. The minimum absolute atomic E-state index is 0.204. The van der Waals surface area contributed by atoms with Crippen molar-refractivity contribution in [1.29, 1.82) is 0 Å². The Kier molecular flexibility index (Phi) is 6.58. The lowest BCUT2D eigenvalue weighted by molar-refractivity contribution is 0.198. The van der Waals surface area contributed by atoms with E-state index in [2.05, 4.69) is 26.1 Å². The smallest absolute Gasteiger partial charge is 0.161 e. The molecule has 0 saturated heterocycles. The SMILES string of the molecule is COc1ccccc1OC(C)CCCNC(C)C. The van der Waals surface area contributed by atoms with E-state index in [0.717, 1.165) is 30.9 Å². The third kappa shape index (κ3) is 5.41. The number of rotatable bonds is 8. The summed E-state index contributed by atoms with van der Waals surface area (Å²) in [5.41, 5.74) is 0. The summed E-state index contributed by atoms with van der Waals surface area (Å²) in [6.45, 7) is 7.46. The second-order valence-corrected chi connectivity index (χ2v) is 4.83. The predicted molar refractivity (Wildman–Crippen MR) is 75.5 cm³/mol. The molecule has 1 N–H and O–H groups in total. The summed E-state index contributed by atoms with van der Waals surface area (Å²) in [5, 5.41) is 3.41. The molecule has 0 spiro atoms. The van der Waals surface area contributed by atoms with Crippen LogP contribution in [0.5, 0.6) is 11.5 Å². The molecule has 3 nitrogen and oxygen atoms in total. The van der Waals surface area contributed by atoms with Crippen LogP contribution < -0.4 is 14.8 Å². The van der Waals surface area contributed by atoms with Crippen LogP contribution in [-0.4, -0.2) is 25.8 Å². The first-order valence-electron chi connectivity index (χ1n) is 6.66. The fourth-order valence-corrected chi connectivity index (χ4v) is 1.77. The first-order chi connectivity index (χ1) is 8.63. The molecule has 0 radical (unpaired) electrons. The van der Waals surface area contributed by atoms with Gasteiger partial charge in [0.25, 0.3) is 0 Å². The van der Waals surface area contributed by atoms with E-state index in [4.69, 9.17) is 9.47 Å². The topological polar surface area (TPSA) is 30.5 Å². The zero-order valence-electron chi connectivity index (χ0n) is 11.9. The molecule has 1 unspecified atom stereocenters. The molecule has 0 heterocycles. The molecule has 3 heteroatoms. The number of para-hydroxylation sites is 2. The molecule has 1 rings (SSSR count). The molecule has 0 aromatic heterocycles. The van der Waals surface area contributed by atoms with Gasteiger partial charge >= 0.3 is 0 Å². The molecule has 1 aromatic carbocycles. The molecule has 1 aromatic rings. The molecule has 0 bridgehead atoms. The van der Waals surface area contributed by atoms with E-state index < -0.39 is 0 Å². The van der Waals surface area contributed by atoms with E-state index in [1.165, 1.54) is 0 Å². The Morgan fingerprint density at radius 2 is 1.78 bits per heavy atom. The number of benzene rings is 1. The van der Waals surface area contributed by atoms with Gasteiger partial charge in [0.2, 0.25) is 0 Å². The van der Waals surface area contributed by atoms with E-state index in [9.17, 15) is 0 Å². The van der Waals surface area contributed by atoms with Gasteiger partial charge in [0.1, 0.15) is 0 Å². The van der Waals surface area contributed by atoms with Gasteiger partial charge in [-0.3, -0.25) is 0 Å². The van der Waals surface area contributed by atoms with Gasteiger partial charge in [0.05, 0.1) is 13.2 Å². The fourth-order valence-electron chi connectivity index (χ4n) is 1.77. The molecule has 18 heavy (non-hydrogen) atoms. The molecular weight excluding hydrogens is 226 g/mol. The lowest BCUT2D eigenvalue weighted by atomic mass is 10.2. The van der Waals surface area contributed by atoms with Crippen molar-refractivity contribution in [2.45, 2.75) is 45.8 Å². The van der Waals surface area contributed by atoms with Crippen molar-refractivity contribution < 1.29 is 9.47 Å². The number of methoxy groups -OCH3 is 1. The van der Waals surface area contributed by atoms with Crippen molar-refractivity contribution in [2.24, 2.45) is 0 Å². The Morgan fingerprint density at radius 1 is 1.11 bits per heavy atom. The summed E-state index contributed by atoms with van der Waals surface area (Å²) in [7, 11) is 1.67. The lowest BCUT2D eigenvalue weighted by Crippen LogP contribution is -2.25. The highest BCUT2D eigenvalue weighted by atomic mass is 16.5. The van der Waals surface area contributed by atoms with E-state index in [1.54, 1.807) is 7.11 Å². The standard InChI is InChI=1S/C15H25NO2/c1-12(2)16-11-7-8-13(3)18-15-10-6-5-9-14(15)17-4/h5-6,9-10,12-13,16H,7-8,11H2,1-4H3. The van der Waals surface area contributed by atoms with Crippen molar-refractivity contribution in [1.82, 2.24) is 5.32 Å². The van der Waals surface area contributed by atoms with Gasteiger partial charge in [0, 0.05) is 6.04 Å². The second kappa shape index (κ2) is 7.98. The highest BCUT2D eigenvalue weighted by Gasteiger charge is 2.08. The number of hydrogen-bond donors (Lipinski definition) is 1. The van der Waals surface area contributed by atoms with Gasteiger partial charge < -0.3 is 14.8 Å².